The van der Waals surface area contributed by atoms with E-state index in [4.69, 9.17) is 28.6 Å². The van der Waals surface area contributed by atoms with Crippen LogP contribution in [0.1, 0.15) is 25.8 Å². The first-order valence-electron chi connectivity index (χ1n) is 9.18. The summed E-state index contributed by atoms with van der Waals surface area (Å²) >= 11 is 11.5. The topological polar surface area (TPSA) is 53.6 Å². The van der Waals surface area contributed by atoms with E-state index < -0.39 is 6.04 Å². The van der Waals surface area contributed by atoms with Crippen molar-refractivity contribution < 1.29 is 9.53 Å². The van der Waals surface area contributed by atoms with Gasteiger partial charge in [-0.2, -0.15) is 0 Å². The molecular weight excluding hydrogens is 394 g/mol. The highest BCUT2D eigenvalue weighted by molar-refractivity contribution is 7.80. The number of hydrogen-bond donors (Lipinski definition) is 2. The van der Waals surface area contributed by atoms with Crippen LogP contribution in [-0.2, 0) is 11.3 Å². The van der Waals surface area contributed by atoms with Gasteiger partial charge in [-0.15, -0.1) is 0 Å². The van der Waals surface area contributed by atoms with Gasteiger partial charge < -0.3 is 20.3 Å². The Kier molecular flexibility index (Phi) is 8.54. The number of carbonyl (C=O) groups is 1. The second-order valence-corrected chi connectivity index (χ2v) is 7.20. The fourth-order valence-corrected chi connectivity index (χ4v) is 3.20. The lowest BCUT2D eigenvalue weighted by molar-refractivity contribution is -0.119. The molecule has 2 aromatic carbocycles. The fourth-order valence-electron chi connectivity index (χ4n) is 2.69. The summed E-state index contributed by atoms with van der Waals surface area (Å²) in [6.07, 6.45) is 0.874. The summed E-state index contributed by atoms with van der Waals surface area (Å²) in [6, 6.07) is 14.4. The summed E-state index contributed by atoms with van der Waals surface area (Å²) in [5.41, 5.74) is 1.74. The van der Waals surface area contributed by atoms with Crippen molar-refractivity contribution >= 4 is 40.5 Å². The molecule has 0 saturated heterocycles. The van der Waals surface area contributed by atoms with Crippen molar-refractivity contribution in [2.45, 2.75) is 32.9 Å². The van der Waals surface area contributed by atoms with Gasteiger partial charge in [0, 0.05) is 23.8 Å². The molecule has 0 spiro atoms. The summed E-state index contributed by atoms with van der Waals surface area (Å²) in [7, 11) is 1.64. The molecule has 5 nitrogen and oxygen atoms in total. The second-order valence-electron chi connectivity index (χ2n) is 6.38. The molecule has 0 heterocycles. The van der Waals surface area contributed by atoms with Crippen molar-refractivity contribution in [2.75, 3.05) is 19.0 Å². The van der Waals surface area contributed by atoms with Gasteiger partial charge in [0.15, 0.2) is 5.11 Å². The SMILES string of the molecule is CCCN(C(=S)NCc1ccc(OC)cc1)[C@@H](C)C(=O)Nc1cccc(Cl)c1. The molecule has 7 heteroatoms. The molecule has 1 amide bonds. The molecular formula is C21H26ClN3O2S. The molecule has 2 N–H and O–H groups in total. The molecule has 0 radical (unpaired) electrons. The number of halogens is 1. The van der Waals surface area contributed by atoms with Crippen LogP contribution in [0.3, 0.4) is 0 Å². The average Bonchev–Trinajstić information content (AvgIpc) is 2.70. The standard InChI is InChI=1S/C21H26ClN3O2S/c1-4-12-25(15(2)20(26)24-18-7-5-6-17(22)13-18)21(28)23-14-16-8-10-19(27-3)11-9-16/h5-11,13,15H,4,12,14H2,1-3H3,(H,23,28)(H,24,26)/t15-/m0/s1. The van der Waals surface area contributed by atoms with Gasteiger partial charge in [0.2, 0.25) is 5.91 Å². The number of carbonyl (C=O) groups excluding carboxylic acids is 1. The van der Waals surface area contributed by atoms with Crippen LogP contribution in [0.4, 0.5) is 5.69 Å². The Morgan fingerprint density at radius 2 is 1.96 bits per heavy atom. The molecule has 150 valence electrons. The summed E-state index contributed by atoms with van der Waals surface area (Å²) in [5, 5.41) is 7.27. The predicted octanol–water partition coefficient (Wildman–Crippen LogP) is 4.46. The van der Waals surface area contributed by atoms with Gasteiger partial charge >= 0.3 is 0 Å². The molecule has 0 fully saturated rings. The van der Waals surface area contributed by atoms with Crippen molar-refractivity contribution in [1.29, 1.82) is 0 Å². The van der Waals surface area contributed by atoms with Crippen molar-refractivity contribution in [3.63, 3.8) is 0 Å². The van der Waals surface area contributed by atoms with Crippen LogP contribution in [0.25, 0.3) is 0 Å². The van der Waals surface area contributed by atoms with E-state index in [1.807, 2.05) is 36.1 Å². The zero-order chi connectivity index (χ0) is 20.5. The monoisotopic (exact) mass is 419 g/mol. The van der Waals surface area contributed by atoms with E-state index in [1.54, 1.807) is 31.4 Å². The van der Waals surface area contributed by atoms with E-state index in [0.29, 0.717) is 28.9 Å². The molecule has 0 aromatic heterocycles. The van der Waals surface area contributed by atoms with Gasteiger partial charge in [0.1, 0.15) is 11.8 Å². The van der Waals surface area contributed by atoms with Gasteiger partial charge in [-0.05, 0) is 61.5 Å². The Balaban J connectivity index is 1.98. The Labute approximate surface area is 177 Å². The van der Waals surface area contributed by atoms with Crippen LogP contribution in [0.2, 0.25) is 5.02 Å². The highest BCUT2D eigenvalue weighted by Crippen LogP contribution is 2.16. The highest BCUT2D eigenvalue weighted by atomic mass is 35.5. The van der Waals surface area contributed by atoms with Crippen molar-refractivity contribution in [1.82, 2.24) is 10.2 Å². The summed E-state index contributed by atoms with van der Waals surface area (Å²) in [6.45, 7) is 5.15. The quantitative estimate of drug-likeness (QED) is 0.618. The van der Waals surface area contributed by atoms with Crippen LogP contribution in [0.5, 0.6) is 5.75 Å². The van der Waals surface area contributed by atoms with E-state index in [-0.39, 0.29) is 5.91 Å². The van der Waals surface area contributed by atoms with Crippen LogP contribution in [0.15, 0.2) is 48.5 Å². The van der Waals surface area contributed by atoms with Gasteiger partial charge in [0.25, 0.3) is 0 Å². The maximum absolute atomic E-state index is 12.7. The molecule has 2 aromatic rings. The van der Waals surface area contributed by atoms with Gasteiger partial charge in [0.05, 0.1) is 7.11 Å². The Bertz CT molecular complexity index is 798. The third-order valence-corrected chi connectivity index (χ3v) is 4.88. The molecule has 28 heavy (non-hydrogen) atoms. The number of hydrogen-bond acceptors (Lipinski definition) is 3. The number of anilines is 1. The van der Waals surface area contributed by atoms with Crippen molar-refractivity contribution in [3.8, 4) is 5.75 Å². The Hall–Kier alpha value is -2.31. The van der Waals surface area contributed by atoms with Crippen molar-refractivity contribution in [2.24, 2.45) is 0 Å². The number of nitrogens with one attached hydrogen (secondary N) is 2. The van der Waals surface area contributed by atoms with Crippen LogP contribution >= 0.6 is 23.8 Å². The first kappa shape index (κ1) is 22.0. The third-order valence-electron chi connectivity index (χ3n) is 4.27. The summed E-state index contributed by atoms with van der Waals surface area (Å²) in [4.78, 5) is 14.6. The summed E-state index contributed by atoms with van der Waals surface area (Å²) in [5.74, 6) is 0.676. The Morgan fingerprint density at radius 1 is 1.25 bits per heavy atom. The van der Waals surface area contributed by atoms with Gasteiger partial charge in [-0.3, -0.25) is 4.79 Å². The number of thiocarbonyl (C=S) groups is 1. The number of amides is 1. The largest absolute Gasteiger partial charge is 0.497 e. The van der Waals surface area contributed by atoms with Gasteiger partial charge in [-0.25, -0.2) is 0 Å². The second kappa shape index (κ2) is 10.9. The number of ether oxygens (including phenoxy) is 1. The minimum atomic E-state index is -0.421. The van der Waals surface area contributed by atoms with Crippen molar-refractivity contribution in [3.05, 3.63) is 59.1 Å². The number of methoxy groups -OCH3 is 1. The van der Waals surface area contributed by atoms with E-state index in [9.17, 15) is 4.79 Å². The van der Waals surface area contributed by atoms with Crippen LogP contribution < -0.4 is 15.4 Å². The fraction of sp³-hybridized carbons (Fsp3) is 0.333. The molecule has 2 rings (SSSR count). The molecule has 0 aliphatic rings. The van der Waals surface area contributed by atoms with E-state index >= 15 is 0 Å². The zero-order valence-electron chi connectivity index (χ0n) is 16.4. The highest BCUT2D eigenvalue weighted by Gasteiger charge is 2.23. The molecule has 0 saturated carbocycles. The van der Waals surface area contributed by atoms with Crippen LogP contribution in [-0.4, -0.2) is 35.6 Å². The normalized spacial score (nSPS) is 11.4. The predicted molar refractivity (Wildman–Crippen MR) is 119 cm³/mol. The molecule has 0 unspecified atom stereocenters. The molecule has 0 bridgehead atoms. The number of benzene rings is 2. The third kappa shape index (κ3) is 6.39. The minimum Gasteiger partial charge on any atom is -0.497 e. The van der Waals surface area contributed by atoms with E-state index in [2.05, 4.69) is 17.6 Å². The first-order valence-corrected chi connectivity index (χ1v) is 9.97. The lowest BCUT2D eigenvalue weighted by Gasteiger charge is -2.30. The number of rotatable bonds is 8. The minimum absolute atomic E-state index is 0.135. The lowest BCUT2D eigenvalue weighted by atomic mass is 10.2. The average molecular weight is 420 g/mol. The van der Waals surface area contributed by atoms with Crippen LogP contribution in [0, 0.1) is 0 Å². The smallest absolute Gasteiger partial charge is 0.246 e. The molecule has 1 atom stereocenters. The number of nitrogens with zero attached hydrogens (tertiary/aromatic N) is 1. The maximum atomic E-state index is 12.7. The molecule has 0 aliphatic carbocycles. The summed E-state index contributed by atoms with van der Waals surface area (Å²) < 4.78 is 5.17. The first-order chi connectivity index (χ1) is 13.4. The van der Waals surface area contributed by atoms with Gasteiger partial charge in [-0.1, -0.05) is 36.7 Å². The molecule has 0 aliphatic heterocycles. The Morgan fingerprint density at radius 3 is 2.57 bits per heavy atom. The maximum Gasteiger partial charge on any atom is 0.246 e. The zero-order valence-corrected chi connectivity index (χ0v) is 17.9. The lowest BCUT2D eigenvalue weighted by Crippen LogP contribution is -2.49. The van der Waals surface area contributed by atoms with E-state index in [1.165, 1.54) is 0 Å². The van der Waals surface area contributed by atoms with E-state index in [0.717, 1.165) is 17.7 Å².